The number of para-hydroxylation sites is 2. The Labute approximate surface area is 186 Å². The molecule has 0 radical (unpaired) electrons. The molecule has 0 unspecified atom stereocenters. The number of imidazole rings is 1. The van der Waals surface area contributed by atoms with Crippen LogP contribution in [-0.4, -0.2) is 23.0 Å². The molecule has 0 bridgehead atoms. The minimum atomic E-state index is -0.305. The van der Waals surface area contributed by atoms with Crippen LogP contribution in [0.25, 0.3) is 28.5 Å². The van der Waals surface area contributed by atoms with E-state index in [2.05, 4.69) is 31.2 Å². The van der Waals surface area contributed by atoms with Crippen molar-refractivity contribution in [3.05, 3.63) is 81.8 Å². The summed E-state index contributed by atoms with van der Waals surface area (Å²) in [5.41, 5.74) is 3.93. The number of hydrogen-bond acceptors (Lipinski definition) is 3. The van der Waals surface area contributed by atoms with Gasteiger partial charge in [0.2, 0.25) is 5.91 Å². The van der Waals surface area contributed by atoms with Crippen LogP contribution in [-0.2, 0) is 4.79 Å². The Hall–Kier alpha value is -3.09. The fourth-order valence-electron chi connectivity index (χ4n) is 3.03. The van der Waals surface area contributed by atoms with Gasteiger partial charge in [0.25, 0.3) is 0 Å². The maximum atomic E-state index is 12.5. The molecule has 150 valence electrons. The number of halogens is 2. The topological polar surface area (TPSA) is 67.0 Å². The van der Waals surface area contributed by atoms with Gasteiger partial charge < -0.3 is 15.0 Å². The molecule has 0 aliphatic heterocycles. The number of anilines is 1. The van der Waals surface area contributed by atoms with Crippen molar-refractivity contribution >= 4 is 56.2 Å². The second-order valence-corrected chi connectivity index (χ2v) is 7.83. The average Bonchev–Trinajstić information content (AvgIpc) is 3.18. The lowest BCUT2D eigenvalue weighted by Crippen LogP contribution is -2.08. The fraction of sp³-hybridized carbons (Fsp3) is 0.0435. The standard InChI is InChI=1S/C23H17BrClN3O2/c1-30-21-10-8-16(24)12-14(21)7-11-22(29)26-20-13-15(6-9-17(20)25)23-27-18-4-2-3-5-19(18)28-23/h2-13H,1H3,(H,26,29)(H,27,28). The number of amides is 1. The van der Waals surface area contributed by atoms with Gasteiger partial charge in [0.15, 0.2) is 0 Å². The lowest BCUT2D eigenvalue weighted by atomic mass is 10.1. The Morgan fingerprint density at radius 3 is 2.80 bits per heavy atom. The van der Waals surface area contributed by atoms with Crippen molar-refractivity contribution in [3.8, 4) is 17.1 Å². The van der Waals surface area contributed by atoms with Crippen LogP contribution in [0.1, 0.15) is 5.56 Å². The van der Waals surface area contributed by atoms with Gasteiger partial charge in [-0.15, -0.1) is 0 Å². The normalized spacial score (nSPS) is 11.2. The highest BCUT2D eigenvalue weighted by atomic mass is 79.9. The lowest BCUT2D eigenvalue weighted by Gasteiger charge is -2.08. The molecule has 0 aliphatic rings. The van der Waals surface area contributed by atoms with Gasteiger partial charge >= 0.3 is 0 Å². The van der Waals surface area contributed by atoms with Crippen molar-refractivity contribution in [1.29, 1.82) is 0 Å². The first-order valence-electron chi connectivity index (χ1n) is 9.11. The monoisotopic (exact) mass is 481 g/mol. The summed E-state index contributed by atoms with van der Waals surface area (Å²) in [4.78, 5) is 20.3. The first-order chi connectivity index (χ1) is 14.5. The van der Waals surface area contributed by atoms with Crippen molar-refractivity contribution < 1.29 is 9.53 Å². The summed E-state index contributed by atoms with van der Waals surface area (Å²) in [5, 5.41) is 3.27. The van der Waals surface area contributed by atoms with E-state index in [-0.39, 0.29) is 5.91 Å². The summed E-state index contributed by atoms with van der Waals surface area (Å²) in [5.74, 6) is 1.07. The molecule has 0 atom stereocenters. The predicted molar refractivity (Wildman–Crippen MR) is 125 cm³/mol. The molecule has 0 aliphatic carbocycles. The molecule has 1 heterocycles. The van der Waals surface area contributed by atoms with E-state index in [1.807, 2.05) is 48.5 Å². The molecule has 4 aromatic rings. The van der Waals surface area contributed by atoms with Gasteiger partial charge in [-0.25, -0.2) is 4.98 Å². The van der Waals surface area contributed by atoms with E-state index < -0.39 is 0 Å². The number of hydrogen-bond donors (Lipinski definition) is 2. The molecular weight excluding hydrogens is 466 g/mol. The molecule has 0 saturated carbocycles. The van der Waals surface area contributed by atoms with Crippen molar-refractivity contribution in [2.75, 3.05) is 12.4 Å². The number of H-pyrrole nitrogens is 1. The molecule has 4 rings (SSSR count). The number of aromatic amines is 1. The summed E-state index contributed by atoms with van der Waals surface area (Å²) in [7, 11) is 1.59. The summed E-state index contributed by atoms with van der Waals surface area (Å²) in [6.45, 7) is 0. The second kappa shape index (κ2) is 8.73. The van der Waals surface area contributed by atoms with Crippen LogP contribution in [0, 0.1) is 0 Å². The minimum Gasteiger partial charge on any atom is -0.496 e. The van der Waals surface area contributed by atoms with Gasteiger partial charge in [-0.1, -0.05) is 39.7 Å². The maximum absolute atomic E-state index is 12.5. The smallest absolute Gasteiger partial charge is 0.248 e. The van der Waals surface area contributed by atoms with Gasteiger partial charge in [-0.05, 0) is 54.6 Å². The zero-order valence-corrected chi connectivity index (χ0v) is 18.3. The van der Waals surface area contributed by atoms with Gasteiger partial charge in [0, 0.05) is 21.7 Å². The summed E-state index contributed by atoms with van der Waals surface area (Å²) in [6.07, 6.45) is 3.13. The number of rotatable bonds is 5. The van der Waals surface area contributed by atoms with Gasteiger partial charge in [-0.2, -0.15) is 0 Å². The molecule has 1 aromatic heterocycles. The maximum Gasteiger partial charge on any atom is 0.248 e. The zero-order valence-electron chi connectivity index (χ0n) is 15.9. The van der Waals surface area contributed by atoms with Crippen LogP contribution >= 0.6 is 27.5 Å². The Kier molecular flexibility index (Phi) is 5.88. The first kappa shape index (κ1) is 20.2. The molecule has 7 heteroatoms. The van der Waals surface area contributed by atoms with Gasteiger partial charge in [0.1, 0.15) is 11.6 Å². The summed E-state index contributed by atoms with van der Waals surface area (Å²) >= 11 is 9.72. The first-order valence-corrected chi connectivity index (χ1v) is 10.3. The van der Waals surface area contributed by atoms with Crippen LogP contribution in [0.5, 0.6) is 5.75 Å². The molecule has 0 spiro atoms. The predicted octanol–water partition coefficient (Wildman–Crippen LogP) is 6.31. The number of carbonyl (C=O) groups excluding carboxylic acids is 1. The van der Waals surface area contributed by atoms with Crippen molar-refractivity contribution in [1.82, 2.24) is 9.97 Å². The molecule has 5 nitrogen and oxygen atoms in total. The van der Waals surface area contributed by atoms with Gasteiger partial charge in [0.05, 0.1) is 28.9 Å². The summed E-state index contributed by atoms with van der Waals surface area (Å²) in [6, 6.07) is 18.8. The Morgan fingerprint density at radius 1 is 1.17 bits per heavy atom. The molecule has 2 N–H and O–H groups in total. The zero-order chi connectivity index (χ0) is 21.1. The SMILES string of the molecule is COc1ccc(Br)cc1C=CC(=O)Nc1cc(-c2nc3ccccc3[nH]2)ccc1Cl. The number of nitrogens with one attached hydrogen (secondary N) is 2. The van der Waals surface area contributed by atoms with E-state index in [1.54, 1.807) is 25.3 Å². The number of fused-ring (bicyclic) bond motifs is 1. The Bertz CT molecular complexity index is 1230. The third-order valence-electron chi connectivity index (χ3n) is 4.49. The van der Waals surface area contributed by atoms with Crippen LogP contribution in [0.4, 0.5) is 5.69 Å². The highest BCUT2D eigenvalue weighted by Gasteiger charge is 2.10. The van der Waals surface area contributed by atoms with E-state index >= 15 is 0 Å². The third-order valence-corrected chi connectivity index (χ3v) is 5.32. The Balaban J connectivity index is 1.56. The molecule has 30 heavy (non-hydrogen) atoms. The largest absolute Gasteiger partial charge is 0.496 e. The third kappa shape index (κ3) is 4.40. The van der Waals surface area contributed by atoms with Crippen LogP contribution < -0.4 is 10.1 Å². The highest BCUT2D eigenvalue weighted by molar-refractivity contribution is 9.10. The lowest BCUT2D eigenvalue weighted by molar-refractivity contribution is -0.111. The van der Waals surface area contributed by atoms with Gasteiger partial charge in [-0.3, -0.25) is 4.79 Å². The molecule has 3 aromatic carbocycles. The quantitative estimate of drug-likeness (QED) is 0.328. The number of benzene rings is 3. The van der Waals surface area contributed by atoms with Crippen LogP contribution in [0.3, 0.4) is 0 Å². The van der Waals surface area contributed by atoms with Crippen molar-refractivity contribution in [2.24, 2.45) is 0 Å². The molecular formula is C23H17BrClN3O2. The van der Waals surface area contributed by atoms with Crippen molar-refractivity contribution in [3.63, 3.8) is 0 Å². The average molecular weight is 483 g/mol. The second-order valence-electron chi connectivity index (χ2n) is 6.51. The fourth-order valence-corrected chi connectivity index (χ4v) is 3.58. The Morgan fingerprint density at radius 2 is 2.00 bits per heavy atom. The number of ether oxygens (including phenoxy) is 1. The minimum absolute atomic E-state index is 0.305. The van der Waals surface area contributed by atoms with E-state index in [9.17, 15) is 4.79 Å². The van der Waals surface area contributed by atoms with Crippen molar-refractivity contribution in [2.45, 2.75) is 0 Å². The van der Waals surface area contributed by atoms with Crippen LogP contribution in [0.2, 0.25) is 5.02 Å². The molecule has 0 fully saturated rings. The number of carbonyl (C=O) groups is 1. The van der Waals surface area contributed by atoms with E-state index in [4.69, 9.17) is 16.3 Å². The van der Waals surface area contributed by atoms with Crippen LogP contribution in [0.15, 0.2) is 71.2 Å². The summed E-state index contributed by atoms with van der Waals surface area (Å²) < 4.78 is 6.22. The number of aromatic nitrogens is 2. The highest BCUT2D eigenvalue weighted by Crippen LogP contribution is 2.29. The molecule has 0 saturated heterocycles. The number of nitrogens with zero attached hydrogens (tertiary/aromatic N) is 1. The molecule has 1 amide bonds. The van der Waals surface area contributed by atoms with E-state index in [1.165, 1.54) is 6.08 Å². The van der Waals surface area contributed by atoms with E-state index in [0.717, 1.165) is 26.6 Å². The number of methoxy groups -OCH3 is 1. The van der Waals surface area contributed by atoms with E-state index in [0.29, 0.717) is 22.3 Å².